The summed E-state index contributed by atoms with van der Waals surface area (Å²) in [4.78, 5) is 5.00. The summed E-state index contributed by atoms with van der Waals surface area (Å²) in [5, 5.41) is 13.5. The fourth-order valence-electron chi connectivity index (χ4n) is 4.63. The van der Waals surface area contributed by atoms with Crippen LogP contribution in [0.1, 0.15) is 64.2 Å². The van der Waals surface area contributed by atoms with Gasteiger partial charge in [-0.25, -0.2) is 0 Å². The maximum atomic E-state index is 9.72. The van der Waals surface area contributed by atoms with Crippen molar-refractivity contribution in [2.75, 3.05) is 38.2 Å². The molecule has 2 aliphatic rings. The van der Waals surface area contributed by atoms with E-state index in [2.05, 4.69) is 27.1 Å². The van der Waals surface area contributed by atoms with Crippen LogP contribution in [0.2, 0.25) is 0 Å². The van der Waals surface area contributed by atoms with Crippen LogP contribution in [0.3, 0.4) is 0 Å². The summed E-state index contributed by atoms with van der Waals surface area (Å²) in [6.07, 6.45) is 12.5. The third kappa shape index (κ3) is 5.87. The number of piperazine rings is 1. The number of methoxy groups -OCH3 is 1. The van der Waals surface area contributed by atoms with Gasteiger partial charge in [-0.3, -0.25) is 4.90 Å². The molecular formula is C23H37N3O2. The minimum absolute atomic E-state index is 0.308. The molecule has 1 heterocycles. The molecule has 0 amide bonds. The Morgan fingerprint density at radius 3 is 2.07 bits per heavy atom. The molecule has 1 saturated heterocycles. The van der Waals surface area contributed by atoms with E-state index >= 15 is 0 Å². The van der Waals surface area contributed by atoms with Gasteiger partial charge in [0, 0.05) is 31.9 Å². The van der Waals surface area contributed by atoms with Crippen LogP contribution in [0.25, 0.3) is 0 Å². The van der Waals surface area contributed by atoms with E-state index < -0.39 is 0 Å². The Morgan fingerprint density at radius 2 is 1.46 bits per heavy atom. The molecule has 1 aliphatic heterocycles. The molecule has 28 heavy (non-hydrogen) atoms. The van der Waals surface area contributed by atoms with Gasteiger partial charge in [0.05, 0.1) is 18.9 Å². The smallest absolute Gasteiger partial charge is 0.119 e. The van der Waals surface area contributed by atoms with Gasteiger partial charge >= 0.3 is 0 Å². The summed E-state index contributed by atoms with van der Waals surface area (Å²) >= 11 is 0. The molecule has 0 bridgehead atoms. The molecule has 1 aromatic carbocycles. The van der Waals surface area contributed by atoms with E-state index in [0.717, 1.165) is 56.9 Å². The first-order valence-electron chi connectivity index (χ1n) is 11.2. The van der Waals surface area contributed by atoms with E-state index in [4.69, 9.17) is 4.74 Å². The van der Waals surface area contributed by atoms with Crippen molar-refractivity contribution in [1.29, 1.82) is 0 Å². The van der Waals surface area contributed by atoms with Crippen LogP contribution in [0.15, 0.2) is 29.4 Å². The monoisotopic (exact) mass is 387 g/mol. The van der Waals surface area contributed by atoms with Crippen molar-refractivity contribution in [1.82, 2.24) is 4.90 Å². The van der Waals surface area contributed by atoms with E-state index in [-0.39, 0.29) is 0 Å². The van der Waals surface area contributed by atoms with Crippen molar-refractivity contribution in [2.24, 2.45) is 5.16 Å². The first kappa shape index (κ1) is 21.0. The molecule has 1 aliphatic carbocycles. The zero-order valence-corrected chi connectivity index (χ0v) is 17.5. The third-order valence-electron chi connectivity index (χ3n) is 6.37. The number of oxime groups is 1. The highest BCUT2D eigenvalue weighted by Crippen LogP contribution is 2.24. The van der Waals surface area contributed by atoms with Gasteiger partial charge in [0.1, 0.15) is 5.75 Å². The van der Waals surface area contributed by atoms with Crippen molar-refractivity contribution in [3.63, 3.8) is 0 Å². The van der Waals surface area contributed by atoms with Gasteiger partial charge < -0.3 is 14.8 Å². The van der Waals surface area contributed by atoms with E-state index in [1.165, 1.54) is 50.6 Å². The Balaban J connectivity index is 1.59. The van der Waals surface area contributed by atoms with Crippen LogP contribution >= 0.6 is 0 Å². The molecular weight excluding hydrogens is 350 g/mol. The summed E-state index contributed by atoms with van der Waals surface area (Å²) in [7, 11) is 1.71. The lowest BCUT2D eigenvalue weighted by molar-refractivity contribution is 0.208. The molecule has 156 valence electrons. The van der Waals surface area contributed by atoms with E-state index in [9.17, 15) is 5.21 Å². The first-order chi connectivity index (χ1) is 13.8. The van der Waals surface area contributed by atoms with Crippen LogP contribution in [-0.4, -0.2) is 55.1 Å². The molecule has 1 N–H and O–H groups in total. The third-order valence-corrected chi connectivity index (χ3v) is 6.37. The molecule has 3 rings (SSSR count). The van der Waals surface area contributed by atoms with Gasteiger partial charge in [-0.15, -0.1) is 0 Å². The average Bonchev–Trinajstić information content (AvgIpc) is 2.74. The fourth-order valence-corrected chi connectivity index (χ4v) is 4.63. The minimum Gasteiger partial charge on any atom is -0.497 e. The van der Waals surface area contributed by atoms with Crippen molar-refractivity contribution in [2.45, 2.75) is 70.3 Å². The molecule has 0 spiro atoms. The molecule has 5 nitrogen and oxygen atoms in total. The number of ether oxygens (including phenoxy) is 1. The zero-order valence-electron chi connectivity index (χ0n) is 17.5. The highest BCUT2D eigenvalue weighted by molar-refractivity contribution is 5.89. The maximum absolute atomic E-state index is 9.72. The van der Waals surface area contributed by atoms with E-state index in [0.29, 0.717) is 6.04 Å². The molecule has 1 aromatic rings. The lowest BCUT2D eigenvalue weighted by Gasteiger charge is -2.40. The Bertz CT molecular complexity index is 594. The van der Waals surface area contributed by atoms with Crippen LogP contribution in [0.4, 0.5) is 5.69 Å². The van der Waals surface area contributed by atoms with Gasteiger partial charge in [0.15, 0.2) is 0 Å². The number of rotatable bonds is 3. The van der Waals surface area contributed by atoms with Gasteiger partial charge in [-0.1, -0.05) is 50.1 Å². The lowest BCUT2D eigenvalue weighted by Crippen LogP contribution is -2.52. The predicted molar refractivity (Wildman–Crippen MR) is 116 cm³/mol. The summed E-state index contributed by atoms with van der Waals surface area (Å²) in [6, 6.07) is 8.66. The van der Waals surface area contributed by atoms with Crippen LogP contribution in [0, 0.1) is 0 Å². The highest BCUT2D eigenvalue weighted by Gasteiger charge is 2.27. The molecule has 2 fully saturated rings. The van der Waals surface area contributed by atoms with Crippen molar-refractivity contribution in [3.05, 3.63) is 24.3 Å². The highest BCUT2D eigenvalue weighted by atomic mass is 16.5. The number of hydrogen-bond acceptors (Lipinski definition) is 5. The maximum Gasteiger partial charge on any atom is 0.119 e. The Kier molecular flexibility index (Phi) is 8.46. The van der Waals surface area contributed by atoms with Crippen molar-refractivity contribution in [3.8, 4) is 5.75 Å². The van der Waals surface area contributed by atoms with Gasteiger partial charge in [-0.05, 0) is 43.5 Å². The van der Waals surface area contributed by atoms with Gasteiger partial charge in [-0.2, -0.15) is 0 Å². The predicted octanol–water partition coefficient (Wildman–Crippen LogP) is 4.93. The summed E-state index contributed by atoms with van der Waals surface area (Å²) < 4.78 is 5.27. The summed E-state index contributed by atoms with van der Waals surface area (Å²) in [5.41, 5.74) is 2.27. The Morgan fingerprint density at radius 1 is 0.857 bits per heavy atom. The molecule has 0 unspecified atom stereocenters. The number of hydrogen-bond donors (Lipinski definition) is 1. The summed E-state index contributed by atoms with van der Waals surface area (Å²) in [5.74, 6) is 0.902. The van der Waals surface area contributed by atoms with E-state index in [1.807, 2.05) is 12.1 Å². The Hall–Kier alpha value is -1.75. The molecule has 0 radical (unpaired) electrons. The second-order valence-corrected chi connectivity index (χ2v) is 8.20. The van der Waals surface area contributed by atoms with Crippen molar-refractivity contribution < 1.29 is 9.94 Å². The van der Waals surface area contributed by atoms with Crippen LogP contribution in [0.5, 0.6) is 5.75 Å². The number of anilines is 1. The summed E-state index contributed by atoms with van der Waals surface area (Å²) in [6.45, 7) is 4.08. The van der Waals surface area contributed by atoms with Crippen molar-refractivity contribution >= 4 is 11.4 Å². The zero-order chi connectivity index (χ0) is 19.6. The normalized spacial score (nSPS) is 25.1. The SMILES string of the molecule is COc1ccc(N2CCN([C@@H]3CCCCCCCCCC/C3=N\O)CC2)cc1. The molecule has 1 atom stereocenters. The topological polar surface area (TPSA) is 48.3 Å². The van der Waals surface area contributed by atoms with Crippen LogP contribution in [-0.2, 0) is 0 Å². The van der Waals surface area contributed by atoms with Gasteiger partial charge in [0.2, 0.25) is 0 Å². The van der Waals surface area contributed by atoms with Crippen LogP contribution < -0.4 is 9.64 Å². The second-order valence-electron chi connectivity index (χ2n) is 8.20. The van der Waals surface area contributed by atoms with Gasteiger partial charge in [0.25, 0.3) is 0 Å². The molecule has 0 aromatic heterocycles. The fraction of sp³-hybridized carbons (Fsp3) is 0.696. The Labute approximate surface area is 170 Å². The first-order valence-corrected chi connectivity index (χ1v) is 11.2. The molecule has 1 saturated carbocycles. The lowest BCUT2D eigenvalue weighted by atomic mass is 9.95. The standard InChI is InChI=1S/C23H37N3O2/c1-28-21-14-12-20(13-15-21)25-16-18-26(19-17-25)23-11-9-7-5-3-2-4-6-8-10-22(23)24-27/h12-15,23,27H,2-11,16-19H2,1H3/b24-22+/t23-/m1/s1. The number of benzene rings is 1. The second kappa shape index (κ2) is 11.3. The quantitative estimate of drug-likeness (QED) is 0.590. The number of nitrogens with zero attached hydrogens (tertiary/aromatic N) is 3. The van der Waals surface area contributed by atoms with E-state index in [1.54, 1.807) is 7.11 Å². The molecule has 5 heteroatoms. The largest absolute Gasteiger partial charge is 0.497 e. The average molecular weight is 388 g/mol. The minimum atomic E-state index is 0.308.